The maximum absolute atomic E-state index is 13.3. The van der Waals surface area contributed by atoms with Crippen molar-refractivity contribution in [3.05, 3.63) is 59.9 Å². The molecule has 0 heterocycles. The van der Waals surface area contributed by atoms with Crippen LogP contribution < -0.4 is 15.5 Å². The third-order valence-electron chi connectivity index (χ3n) is 5.52. The van der Waals surface area contributed by atoms with Gasteiger partial charge in [0.2, 0.25) is 5.91 Å². The average molecular weight is 412 g/mol. The molecule has 3 rings (SSSR count). The van der Waals surface area contributed by atoms with Gasteiger partial charge in [0.25, 0.3) is 0 Å². The number of halogens is 1. The lowest BCUT2D eigenvalue weighted by Gasteiger charge is -2.24. The van der Waals surface area contributed by atoms with Gasteiger partial charge in [-0.25, -0.2) is 9.18 Å². The van der Waals surface area contributed by atoms with E-state index in [0.29, 0.717) is 30.9 Å². The van der Waals surface area contributed by atoms with Crippen molar-refractivity contribution in [1.82, 2.24) is 5.32 Å². The number of hydrogen-bond acceptors (Lipinski definition) is 2. The third kappa shape index (κ3) is 6.31. The van der Waals surface area contributed by atoms with Gasteiger partial charge in [0.05, 0.1) is 0 Å². The number of anilines is 2. The standard InChI is InChI=1S/C24H30FN3O2/c1-18-8-12-21(13-9-18)27-24(30)28(22-14-10-20(25)11-15-22)17-5-16-26-23(29)19-6-3-2-4-7-19/h8-15,19H,2-7,16-17H2,1H3,(H,26,29)(H,27,30). The van der Waals surface area contributed by atoms with Crippen LogP contribution in [0.4, 0.5) is 20.6 Å². The van der Waals surface area contributed by atoms with Gasteiger partial charge in [-0.2, -0.15) is 0 Å². The molecule has 0 spiro atoms. The number of nitrogens with zero attached hydrogens (tertiary/aromatic N) is 1. The van der Waals surface area contributed by atoms with E-state index in [-0.39, 0.29) is 23.7 Å². The normalized spacial score (nSPS) is 14.2. The number of nitrogens with one attached hydrogen (secondary N) is 2. The largest absolute Gasteiger partial charge is 0.356 e. The van der Waals surface area contributed by atoms with Crippen molar-refractivity contribution in [2.75, 3.05) is 23.3 Å². The lowest BCUT2D eigenvalue weighted by Crippen LogP contribution is -2.38. The van der Waals surface area contributed by atoms with E-state index < -0.39 is 0 Å². The van der Waals surface area contributed by atoms with E-state index >= 15 is 0 Å². The fourth-order valence-corrected chi connectivity index (χ4v) is 3.75. The SMILES string of the molecule is Cc1ccc(NC(=O)N(CCCNC(=O)C2CCCCC2)c2ccc(F)cc2)cc1. The Bertz CT molecular complexity index is 831. The molecule has 0 atom stereocenters. The molecule has 30 heavy (non-hydrogen) atoms. The molecule has 5 nitrogen and oxygen atoms in total. The predicted molar refractivity (Wildman–Crippen MR) is 118 cm³/mol. The summed E-state index contributed by atoms with van der Waals surface area (Å²) in [5.41, 5.74) is 2.42. The Hall–Kier alpha value is -2.89. The molecule has 0 bridgehead atoms. The molecule has 0 unspecified atom stereocenters. The first-order valence-electron chi connectivity index (χ1n) is 10.7. The summed E-state index contributed by atoms with van der Waals surface area (Å²) in [4.78, 5) is 26.8. The maximum atomic E-state index is 13.3. The van der Waals surface area contributed by atoms with E-state index in [1.807, 2.05) is 31.2 Å². The van der Waals surface area contributed by atoms with Crippen LogP contribution in [0.3, 0.4) is 0 Å². The quantitative estimate of drug-likeness (QED) is 0.611. The number of aryl methyl sites for hydroxylation is 1. The molecule has 3 amide bonds. The lowest BCUT2D eigenvalue weighted by molar-refractivity contribution is -0.125. The molecule has 160 valence electrons. The van der Waals surface area contributed by atoms with E-state index in [1.165, 1.54) is 18.6 Å². The Balaban J connectivity index is 1.58. The van der Waals surface area contributed by atoms with Gasteiger partial charge in [0, 0.05) is 30.4 Å². The Kier molecular flexibility index (Phi) is 7.82. The van der Waals surface area contributed by atoms with Gasteiger partial charge in [-0.05, 0) is 62.6 Å². The van der Waals surface area contributed by atoms with E-state index in [0.717, 1.165) is 31.2 Å². The van der Waals surface area contributed by atoms with Crippen molar-refractivity contribution in [1.29, 1.82) is 0 Å². The van der Waals surface area contributed by atoms with Gasteiger partial charge in [-0.1, -0.05) is 37.0 Å². The van der Waals surface area contributed by atoms with Crippen LogP contribution in [0.2, 0.25) is 0 Å². The van der Waals surface area contributed by atoms with Gasteiger partial charge in [-0.15, -0.1) is 0 Å². The highest BCUT2D eigenvalue weighted by atomic mass is 19.1. The predicted octanol–water partition coefficient (Wildman–Crippen LogP) is 5.26. The molecule has 1 fully saturated rings. The van der Waals surface area contributed by atoms with E-state index in [2.05, 4.69) is 10.6 Å². The Morgan fingerprint density at radius 3 is 2.33 bits per heavy atom. The first-order chi connectivity index (χ1) is 14.5. The summed E-state index contributed by atoms with van der Waals surface area (Å²) in [5.74, 6) is -0.110. The molecule has 1 aliphatic carbocycles. The van der Waals surface area contributed by atoms with Crippen LogP contribution in [-0.2, 0) is 4.79 Å². The number of urea groups is 1. The van der Waals surface area contributed by atoms with Gasteiger partial charge in [0.1, 0.15) is 5.82 Å². The minimum atomic E-state index is -0.350. The molecule has 0 saturated heterocycles. The average Bonchev–Trinajstić information content (AvgIpc) is 2.76. The van der Waals surface area contributed by atoms with E-state index in [9.17, 15) is 14.0 Å². The van der Waals surface area contributed by atoms with Crippen molar-refractivity contribution in [3.63, 3.8) is 0 Å². The number of amides is 3. The number of benzene rings is 2. The van der Waals surface area contributed by atoms with Crippen LogP contribution in [-0.4, -0.2) is 25.0 Å². The molecule has 0 radical (unpaired) electrons. The van der Waals surface area contributed by atoms with Gasteiger partial charge in [0.15, 0.2) is 0 Å². The fraction of sp³-hybridized carbons (Fsp3) is 0.417. The first kappa shape index (κ1) is 21.8. The van der Waals surface area contributed by atoms with E-state index in [1.54, 1.807) is 17.0 Å². The second-order valence-electron chi connectivity index (χ2n) is 7.90. The number of hydrogen-bond donors (Lipinski definition) is 2. The minimum absolute atomic E-state index is 0.118. The molecule has 0 aromatic heterocycles. The van der Waals surface area contributed by atoms with Crippen molar-refractivity contribution in [2.24, 2.45) is 5.92 Å². The first-order valence-corrected chi connectivity index (χ1v) is 10.7. The summed E-state index contributed by atoms with van der Waals surface area (Å²) in [6.45, 7) is 2.90. The zero-order chi connectivity index (χ0) is 21.3. The van der Waals surface area contributed by atoms with Gasteiger partial charge in [-0.3, -0.25) is 9.69 Å². The monoisotopic (exact) mass is 411 g/mol. The number of carbonyl (C=O) groups is 2. The van der Waals surface area contributed by atoms with Crippen molar-refractivity contribution < 1.29 is 14.0 Å². The highest BCUT2D eigenvalue weighted by Crippen LogP contribution is 2.23. The molecule has 0 aliphatic heterocycles. The minimum Gasteiger partial charge on any atom is -0.356 e. The van der Waals surface area contributed by atoms with Gasteiger partial charge >= 0.3 is 6.03 Å². The second-order valence-corrected chi connectivity index (χ2v) is 7.90. The summed E-state index contributed by atoms with van der Waals surface area (Å²) in [7, 11) is 0. The fourth-order valence-electron chi connectivity index (χ4n) is 3.75. The van der Waals surface area contributed by atoms with Crippen molar-refractivity contribution in [3.8, 4) is 0 Å². The third-order valence-corrected chi connectivity index (χ3v) is 5.52. The summed E-state index contributed by atoms with van der Waals surface area (Å²) in [5, 5.41) is 5.90. The van der Waals surface area contributed by atoms with Crippen LogP contribution in [0.5, 0.6) is 0 Å². The summed E-state index contributed by atoms with van der Waals surface area (Å²) in [6, 6.07) is 13.1. The summed E-state index contributed by atoms with van der Waals surface area (Å²) in [6.07, 6.45) is 5.99. The smallest absolute Gasteiger partial charge is 0.326 e. The summed E-state index contributed by atoms with van der Waals surface area (Å²) >= 11 is 0. The highest BCUT2D eigenvalue weighted by molar-refractivity contribution is 6.01. The van der Waals surface area contributed by atoms with Crippen molar-refractivity contribution >= 4 is 23.3 Å². The van der Waals surface area contributed by atoms with Gasteiger partial charge < -0.3 is 10.6 Å². The molecular weight excluding hydrogens is 381 g/mol. The van der Waals surface area contributed by atoms with Crippen LogP contribution in [0.15, 0.2) is 48.5 Å². The Morgan fingerprint density at radius 1 is 1.00 bits per heavy atom. The molecular formula is C24H30FN3O2. The number of carbonyl (C=O) groups excluding carboxylic acids is 2. The van der Waals surface area contributed by atoms with E-state index in [4.69, 9.17) is 0 Å². The van der Waals surface area contributed by atoms with Crippen LogP contribution >= 0.6 is 0 Å². The molecule has 2 N–H and O–H groups in total. The lowest BCUT2D eigenvalue weighted by atomic mass is 9.89. The van der Waals surface area contributed by atoms with Crippen LogP contribution in [0.1, 0.15) is 44.1 Å². The number of rotatable bonds is 7. The molecule has 2 aromatic carbocycles. The Morgan fingerprint density at radius 2 is 1.67 bits per heavy atom. The zero-order valence-corrected chi connectivity index (χ0v) is 17.5. The van der Waals surface area contributed by atoms with Crippen LogP contribution in [0.25, 0.3) is 0 Å². The summed E-state index contributed by atoms with van der Waals surface area (Å²) < 4.78 is 13.3. The highest BCUT2D eigenvalue weighted by Gasteiger charge is 2.21. The molecule has 2 aromatic rings. The molecule has 1 saturated carbocycles. The molecule has 1 aliphatic rings. The van der Waals surface area contributed by atoms with Crippen molar-refractivity contribution in [2.45, 2.75) is 45.4 Å². The zero-order valence-electron chi connectivity index (χ0n) is 17.5. The topological polar surface area (TPSA) is 61.4 Å². The van der Waals surface area contributed by atoms with Crippen LogP contribution in [0, 0.1) is 18.7 Å². The maximum Gasteiger partial charge on any atom is 0.326 e. The molecule has 6 heteroatoms. The Labute approximate surface area is 177 Å². The second kappa shape index (κ2) is 10.8.